The molecule has 0 aliphatic carbocycles. The van der Waals surface area contributed by atoms with E-state index in [4.69, 9.17) is 0 Å². The molecular formula is C16H18F6N4O2. The van der Waals surface area contributed by atoms with Crippen LogP contribution >= 0.6 is 0 Å². The number of hydrogen-bond acceptors (Lipinski definition) is 4. The van der Waals surface area contributed by atoms with Crippen LogP contribution in [0.2, 0.25) is 0 Å². The minimum atomic E-state index is -4.95. The van der Waals surface area contributed by atoms with E-state index in [2.05, 4.69) is 10.6 Å². The highest BCUT2D eigenvalue weighted by atomic mass is 19.4. The highest BCUT2D eigenvalue weighted by Gasteiger charge is 2.44. The largest absolute Gasteiger partial charge is 0.416 e. The average Bonchev–Trinajstić information content (AvgIpc) is 2.57. The third-order valence-corrected chi connectivity index (χ3v) is 4.06. The second-order valence-corrected chi connectivity index (χ2v) is 6.46. The van der Waals surface area contributed by atoms with Gasteiger partial charge in [0.1, 0.15) is 6.29 Å². The lowest BCUT2D eigenvalue weighted by molar-refractivity contribution is -0.164. The number of halogens is 6. The van der Waals surface area contributed by atoms with Crippen LogP contribution in [-0.4, -0.2) is 49.3 Å². The maximum atomic E-state index is 13.4. The Labute approximate surface area is 156 Å². The molecule has 1 aromatic rings. The van der Waals surface area contributed by atoms with Crippen molar-refractivity contribution in [2.45, 2.75) is 37.1 Å². The number of nitrogens with zero attached hydrogens (tertiary/aromatic N) is 1. The Balaban J connectivity index is 2.20. The molecule has 1 saturated heterocycles. The number of alkyl halides is 6. The molecule has 28 heavy (non-hydrogen) atoms. The second-order valence-electron chi connectivity index (χ2n) is 6.46. The van der Waals surface area contributed by atoms with Crippen molar-refractivity contribution >= 4 is 11.8 Å². The molecule has 0 saturated carbocycles. The molecule has 3 N–H and O–H groups in total. The zero-order valence-electron chi connectivity index (χ0n) is 14.8. The summed E-state index contributed by atoms with van der Waals surface area (Å²) in [5, 5.41) is 6.96. The van der Waals surface area contributed by atoms with E-state index in [1.54, 1.807) is 19.4 Å². The maximum absolute atomic E-state index is 13.4. The van der Waals surface area contributed by atoms with Crippen molar-refractivity contribution in [3.8, 4) is 0 Å². The molecule has 1 heterocycles. The van der Waals surface area contributed by atoms with Crippen molar-refractivity contribution in [1.29, 1.82) is 0 Å². The van der Waals surface area contributed by atoms with Gasteiger partial charge >= 0.3 is 12.4 Å². The Kier molecular flexibility index (Phi) is 6.24. The van der Waals surface area contributed by atoms with E-state index < -0.39 is 53.7 Å². The summed E-state index contributed by atoms with van der Waals surface area (Å²) in [4.78, 5) is 25.5. The summed E-state index contributed by atoms with van der Waals surface area (Å²) in [6.07, 6.45) is -10.8. The lowest BCUT2D eigenvalue weighted by Crippen LogP contribution is -2.65. The number of hydrogen-bond donors (Lipinski definition) is 3. The predicted octanol–water partition coefficient (Wildman–Crippen LogP) is 1.75. The van der Waals surface area contributed by atoms with Crippen molar-refractivity contribution in [3.05, 3.63) is 35.4 Å². The normalized spacial score (nSPS) is 22.0. The van der Waals surface area contributed by atoms with E-state index in [0.29, 0.717) is 24.3 Å². The van der Waals surface area contributed by atoms with E-state index >= 15 is 0 Å². The quantitative estimate of drug-likeness (QED) is 0.659. The van der Waals surface area contributed by atoms with Crippen molar-refractivity contribution in [1.82, 2.24) is 20.9 Å². The summed E-state index contributed by atoms with van der Waals surface area (Å²) in [7, 11) is 3.16. The minimum Gasteiger partial charge on any atom is -0.339 e. The molecule has 2 amide bonds. The molecule has 156 valence electrons. The van der Waals surface area contributed by atoms with Crippen molar-refractivity contribution < 1.29 is 35.9 Å². The Morgan fingerprint density at radius 2 is 1.71 bits per heavy atom. The van der Waals surface area contributed by atoms with Gasteiger partial charge in [0.25, 0.3) is 0 Å². The standard InChI is InChI=1S/C16H18F6N4O2/c1-26(2)14-23-10(7-11(27)24-14)13(28)25-12(16(20,21)22)8-3-5-9(6-4-8)15(17,18)19/h3-6,10,12,14,23H,7H2,1-2H3,(H,24,27)(H,25,28). The first kappa shape index (κ1) is 22.0. The van der Waals surface area contributed by atoms with E-state index in [-0.39, 0.29) is 6.42 Å². The van der Waals surface area contributed by atoms with Crippen LogP contribution in [0.1, 0.15) is 23.6 Å². The van der Waals surface area contributed by atoms with E-state index in [1.165, 1.54) is 4.90 Å². The summed E-state index contributed by atoms with van der Waals surface area (Å²) in [5.74, 6) is -1.63. The SMILES string of the molecule is CN(C)C1NC(=O)CC(C(=O)NC(c2ccc(C(F)(F)F)cc2)C(F)(F)F)N1. The van der Waals surface area contributed by atoms with Crippen LogP contribution in [0.5, 0.6) is 0 Å². The zero-order chi connectivity index (χ0) is 21.3. The van der Waals surface area contributed by atoms with Crippen molar-refractivity contribution in [2.24, 2.45) is 0 Å². The molecule has 1 fully saturated rings. The molecule has 3 unspecified atom stereocenters. The van der Waals surface area contributed by atoms with Gasteiger partial charge in [0, 0.05) is 0 Å². The summed E-state index contributed by atoms with van der Waals surface area (Å²) in [5.41, 5.74) is -1.67. The molecule has 0 spiro atoms. The number of carbonyl (C=O) groups is 2. The highest BCUT2D eigenvalue weighted by Crippen LogP contribution is 2.35. The van der Waals surface area contributed by atoms with Gasteiger partial charge in [-0.2, -0.15) is 26.3 Å². The Bertz CT molecular complexity index is 717. The van der Waals surface area contributed by atoms with Crippen LogP contribution in [-0.2, 0) is 15.8 Å². The van der Waals surface area contributed by atoms with Crippen molar-refractivity contribution in [2.75, 3.05) is 14.1 Å². The number of nitrogens with one attached hydrogen (secondary N) is 3. The minimum absolute atomic E-state index is 0.381. The first-order valence-corrected chi connectivity index (χ1v) is 8.05. The van der Waals surface area contributed by atoms with Gasteiger partial charge in [0.15, 0.2) is 6.04 Å². The zero-order valence-corrected chi connectivity index (χ0v) is 14.8. The summed E-state index contributed by atoms with van der Waals surface area (Å²) in [6, 6.07) is -1.42. The molecule has 3 atom stereocenters. The number of carbonyl (C=O) groups excluding carboxylic acids is 2. The average molecular weight is 412 g/mol. The number of rotatable bonds is 4. The third kappa shape index (κ3) is 5.35. The molecule has 1 aliphatic heterocycles. The fourth-order valence-corrected chi connectivity index (χ4v) is 2.60. The Hall–Kier alpha value is -2.34. The van der Waals surface area contributed by atoms with Crippen LogP contribution in [0.3, 0.4) is 0 Å². The van der Waals surface area contributed by atoms with Gasteiger partial charge in [-0.1, -0.05) is 12.1 Å². The van der Waals surface area contributed by atoms with Gasteiger partial charge in [-0.3, -0.25) is 19.8 Å². The smallest absolute Gasteiger partial charge is 0.339 e. The first-order valence-electron chi connectivity index (χ1n) is 8.05. The lowest BCUT2D eigenvalue weighted by Gasteiger charge is -2.35. The molecule has 0 aromatic heterocycles. The Morgan fingerprint density at radius 3 is 2.18 bits per heavy atom. The number of benzene rings is 1. The van der Waals surface area contributed by atoms with Crippen LogP contribution in [0, 0.1) is 0 Å². The maximum Gasteiger partial charge on any atom is 0.416 e. The molecule has 12 heteroatoms. The second kappa shape index (κ2) is 7.95. The van der Waals surface area contributed by atoms with Gasteiger partial charge in [0.05, 0.1) is 18.0 Å². The predicted molar refractivity (Wildman–Crippen MR) is 85.5 cm³/mol. The fraction of sp³-hybridized carbons (Fsp3) is 0.500. The van der Waals surface area contributed by atoms with Crippen LogP contribution in [0.4, 0.5) is 26.3 Å². The van der Waals surface area contributed by atoms with Gasteiger partial charge < -0.3 is 10.6 Å². The molecule has 0 bridgehead atoms. The molecular weight excluding hydrogens is 394 g/mol. The Morgan fingerprint density at radius 1 is 1.14 bits per heavy atom. The molecule has 6 nitrogen and oxygen atoms in total. The fourth-order valence-electron chi connectivity index (χ4n) is 2.60. The summed E-state index contributed by atoms with van der Waals surface area (Å²) >= 11 is 0. The molecule has 2 rings (SSSR count). The topological polar surface area (TPSA) is 73.5 Å². The van der Waals surface area contributed by atoms with E-state index in [9.17, 15) is 35.9 Å². The van der Waals surface area contributed by atoms with E-state index in [0.717, 1.165) is 0 Å². The lowest BCUT2D eigenvalue weighted by atomic mass is 10.0. The highest BCUT2D eigenvalue weighted by molar-refractivity contribution is 5.89. The summed E-state index contributed by atoms with van der Waals surface area (Å²) in [6.45, 7) is 0. The van der Waals surface area contributed by atoms with Gasteiger partial charge in [-0.15, -0.1) is 0 Å². The van der Waals surface area contributed by atoms with Crippen molar-refractivity contribution in [3.63, 3.8) is 0 Å². The first-order chi connectivity index (χ1) is 12.8. The van der Waals surface area contributed by atoms with Crippen LogP contribution in [0.15, 0.2) is 24.3 Å². The monoisotopic (exact) mass is 412 g/mol. The van der Waals surface area contributed by atoms with Crippen LogP contribution < -0.4 is 16.0 Å². The molecule has 1 aromatic carbocycles. The summed E-state index contributed by atoms with van der Waals surface area (Å²) < 4.78 is 78.0. The van der Waals surface area contributed by atoms with Crippen LogP contribution in [0.25, 0.3) is 0 Å². The van der Waals surface area contributed by atoms with Gasteiger partial charge in [-0.05, 0) is 31.8 Å². The van der Waals surface area contributed by atoms with Gasteiger partial charge in [0.2, 0.25) is 11.8 Å². The molecule has 1 aliphatic rings. The van der Waals surface area contributed by atoms with Gasteiger partial charge in [-0.25, -0.2) is 0 Å². The number of amides is 2. The third-order valence-electron chi connectivity index (χ3n) is 4.06. The molecule has 0 radical (unpaired) electrons. The van der Waals surface area contributed by atoms with E-state index in [1.807, 2.05) is 0 Å².